The Kier molecular flexibility index (Phi) is 4.66. The molecule has 0 saturated carbocycles. The van der Waals surface area contributed by atoms with Crippen molar-refractivity contribution < 1.29 is 23.0 Å². The van der Waals surface area contributed by atoms with Gasteiger partial charge in [0.1, 0.15) is 29.5 Å². The molecule has 0 aliphatic carbocycles. The monoisotopic (exact) mass is 475 g/mol. The molecule has 8 nitrogen and oxygen atoms in total. The van der Waals surface area contributed by atoms with Gasteiger partial charge in [0.25, 0.3) is 5.91 Å². The quantitative estimate of drug-likeness (QED) is 0.448. The van der Waals surface area contributed by atoms with Gasteiger partial charge < -0.3 is 20.1 Å². The Morgan fingerprint density at radius 1 is 1.29 bits per heavy atom. The molecule has 1 saturated heterocycles. The van der Waals surface area contributed by atoms with E-state index in [-0.39, 0.29) is 31.2 Å². The Balaban J connectivity index is 1.31. The molecule has 6 rings (SSSR count). The van der Waals surface area contributed by atoms with Gasteiger partial charge in [-0.25, -0.2) is 18.7 Å². The third-order valence-electron chi connectivity index (χ3n) is 6.35. The first-order chi connectivity index (χ1) is 16.8. The van der Waals surface area contributed by atoms with Gasteiger partial charge in [0.2, 0.25) is 5.67 Å². The largest absolute Gasteiger partial charge is 0.491 e. The van der Waals surface area contributed by atoms with Crippen molar-refractivity contribution in [3.8, 4) is 17.6 Å². The molecule has 4 aromatic rings. The topological polar surface area (TPSA) is 95.0 Å². The molecule has 4 heterocycles. The summed E-state index contributed by atoms with van der Waals surface area (Å²) in [4.78, 5) is 23.1. The van der Waals surface area contributed by atoms with Crippen LogP contribution in [0.3, 0.4) is 0 Å². The lowest BCUT2D eigenvalue weighted by Gasteiger charge is -2.28. The highest BCUT2D eigenvalue weighted by Crippen LogP contribution is 2.37. The minimum absolute atomic E-state index is 0.0302. The van der Waals surface area contributed by atoms with E-state index >= 15 is 0 Å². The average Bonchev–Trinajstić information content (AvgIpc) is 3.48. The van der Waals surface area contributed by atoms with Gasteiger partial charge in [-0.2, -0.15) is 0 Å². The summed E-state index contributed by atoms with van der Waals surface area (Å²) in [5.74, 6) is 4.96. The fourth-order valence-electron chi connectivity index (χ4n) is 4.32. The number of carbonyl (C=O) groups excluding carboxylic acids is 1. The summed E-state index contributed by atoms with van der Waals surface area (Å²) in [7, 11) is 1.60. The molecule has 2 aliphatic rings. The first-order valence-corrected chi connectivity index (χ1v) is 10.9. The third kappa shape index (κ3) is 3.43. The van der Waals surface area contributed by atoms with E-state index in [4.69, 9.17) is 15.2 Å². The molecule has 1 atom stereocenters. The van der Waals surface area contributed by atoms with E-state index in [0.717, 1.165) is 5.56 Å². The van der Waals surface area contributed by atoms with Crippen LogP contribution in [0.2, 0.25) is 0 Å². The Bertz CT molecular complexity index is 1590. The Hall–Kier alpha value is -4.23. The molecule has 2 aromatic carbocycles. The van der Waals surface area contributed by atoms with Gasteiger partial charge in [0.05, 0.1) is 48.4 Å². The highest BCUT2D eigenvalue weighted by atomic mass is 19.1. The van der Waals surface area contributed by atoms with E-state index in [1.165, 1.54) is 23.4 Å². The zero-order chi connectivity index (χ0) is 24.3. The van der Waals surface area contributed by atoms with Crippen molar-refractivity contribution in [1.29, 1.82) is 0 Å². The van der Waals surface area contributed by atoms with E-state index in [2.05, 4.69) is 21.8 Å². The second-order valence-electron chi connectivity index (χ2n) is 8.67. The van der Waals surface area contributed by atoms with Gasteiger partial charge in [0.15, 0.2) is 0 Å². The van der Waals surface area contributed by atoms with Crippen LogP contribution in [-0.4, -0.2) is 57.7 Å². The summed E-state index contributed by atoms with van der Waals surface area (Å²) >= 11 is 0. The van der Waals surface area contributed by atoms with Crippen molar-refractivity contribution in [2.75, 3.05) is 32.6 Å². The number of fused-ring (bicyclic) bond motifs is 4. The number of ether oxygens (including phenoxy) is 2. The minimum atomic E-state index is -1.61. The normalized spacial score (nSPS) is 17.9. The molecule has 1 fully saturated rings. The van der Waals surface area contributed by atoms with Crippen LogP contribution in [-0.2, 0) is 4.74 Å². The van der Waals surface area contributed by atoms with Crippen LogP contribution < -0.4 is 10.5 Å². The number of benzene rings is 2. The summed E-state index contributed by atoms with van der Waals surface area (Å²) in [6, 6.07) is 7.47. The lowest BCUT2D eigenvalue weighted by molar-refractivity contribution is -0.0934. The zero-order valence-electron chi connectivity index (χ0n) is 18.6. The predicted molar refractivity (Wildman–Crippen MR) is 123 cm³/mol. The first-order valence-electron chi connectivity index (χ1n) is 10.9. The predicted octanol–water partition coefficient (Wildman–Crippen LogP) is 2.90. The number of likely N-dealkylation sites (N-methyl/N-ethyl adjacent to an activating group) is 1. The minimum Gasteiger partial charge on any atom is -0.491 e. The molecule has 2 aromatic heterocycles. The van der Waals surface area contributed by atoms with Crippen molar-refractivity contribution in [3.05, 3.63) is 65.4 Å². The second kappa shape index (κ2) is 7.65. The van der Waals surface area contributed by atoms with Crippen LogP contribution in [0.25, 0.3) is 16.6 Å². The number of amides is 1. The summed E-state index contributed by atoms with van der Waals surface area (Å²) in [5.41, 5.74) is 6.98. The molecule has 10 heteroatoms. The SMILES string of the molecule is CN(C(=O)c1cc2c(cc1F)nc(N)c1cncn12)[C@@H]1COc2cc(C#CC3(F)COC3)ccc21. The van der Waals surface area contributed by atoms with Crippen LogP contribution >= 0.6 is 0 Å². The summed E-state index contributed by atoms with van der Waals surface area (Å²) < 4.78 is 41.4. The number of rotatable bonds is 2. The Morgan fingerprint density at radius 2 is 2.11 bits per heavy atom. The second-order valence-corrected chi connectivity index (χ2v) is 8.67. The number of hydrogen-bond acceptors (Lipinski definition) is 6. The van der Waals surface area contributed by atoms with Crippen molar-refractivity contribution in [3.63, 3.8) is 0 Å². The number of anilines is 1. The number of nitrogens with two attached hydrogens (primary N) is 1. The maximum atomic E-state index is 15.0. The maximum absolute atomic E-state index is 15.0. The number of nitrogens with zero attached hydrogens (tertiary/aromatic N) is 4. The van der Waals surface area contributed by atoms with Crippen LogP contribution in [0, 0.1) is 17.7 Å². The first kappa shape index (κ1) is 21.3. The van der Waals surface area contributed by atoms with Crippen molar-refractivity contribution in [2.24, 2.45) is 0 Å². The Morgan fingerprint density at radius 3 is 2.89 bits per heavy atom. The molecular weight excluding hydrogens is 456 g/mol. The third-order valence-corrected chi connectivity index (χ3v) is 6.35. The van der Waals surface area contributed by atoms with Gasteiger partial charge in [0, 0.05) is 24.2 Å². The number of imidazole rings is 1. The average molecular weight is 475 g/mol. The standard InChI is InChI=1S/C25H19F2N5O3/c1-31(21-10-35-22-6-14(2-3-15(21)22)4-5-25(27)11-34-12-25)24(33)16-7-19-18(8-17(16)26)30-23(28)20-9-29-13-32(19)20/h2-3,6-9,13,21H,10-12H2,1H3,(H2,28,30)/t21-/m1/s1. The fraction of sp³-hybridized carbons (Fsp3) is 0.240. The van der Waals surface area contributed by atoms with E-state index in [0.29, 0.717) is 27.9 Å². The summed E-state index contributed by atoms with van der Waals surface area (Å²) in [6.07, 6.45) is 3.09. The number of carbonyl (C=O) groups is 1. The lowest BCUT2D eigenvalue weighted by atomic mass is 10.0. The van der Waals surface area contributed by atoms with Gasteiger partial charge in [-0.15, -0.1) is 0 Å². The number of hydrogen-bond donors (Lipinski definition) is 1. The number of nitrogen functional groups attached to an aromatic ring is 1. The molecule has 2 aliphatic heterocycles. The molecule has 176 valence electrons. The molecule has 0 unspecified atom stereocenters. The van der Waals surface area contributed by atoms with E-state index in [1.54, 1.807) is 35.8 Å². The van der Waals surface area contributed by atoms with Gasteiger partial charge in [-0.05, 0) is 18.2 Å². The van der Waals surface area contributed by atoms with Gasteiger partial charge in [-0.3, -0.25) is 9.20 Å². The highest BCUT2D eigenvalue weighted by molar-refractivity contribution is 5.98. The fourth-order valence-corrected chi connectivity index (χ4v) is 4.32. The van der Waals surface area contributed by atoms with Crippen molar-refractivity contribution in [2.45, 2.75) is 11.7 Å². The summed E-state index contributed by atoms with van der Waals surface area (Å²) in [6.45, 7) is 0.142. The molecule has 0 radical (unpaired) electrons. The van der Waals surface area contributed by atoms with E-state index < -0.39 is 23.4 Å². The Labute approximate surface area is 198 Å². The van der Waals surface area contributed by atoms with Gasteiger partial charge in [-0.1, -0.05) is 17.9 Å². The van der Waals surface area contributed by atoms with Crippen LogP contribution in [0.5, 0.6) is 5.75 Å². The molecule has 35 heavy (non-hydrogen) atoms. The smallest absolute Gasteiger partial charge is 0.257 e. The van der Waals surface area contributed by atoms with Crippen molar-refractivity contribution >= 4 is 28.3 Å². The molecular formula is C25H19F2N5O3. The zero-order valence-corrected chi connectivity index (χ0v) is 18.6. The van der Waals surface area contributed by atoms with E-state index in [1.807, 2.05) is 0 Å². The van der Waals surface area contributed by atoms with Crippen molar-refractivity contribution in [1.82, 2.24) is 19.3 Å². The molecule has 2 N–H and O–H groups in total. The molecule has 0 bridgehead atoms. The number of alkyl halides is 1. The molecule has 1 amide bonds. The van der Waals surface area contributed by atoms with E-state index in [9.17, 15) is 13.6 Å². The number of aromatic nitrogens is 3. The molecule has 0 spiro atoms. The van der Waals surface area contributed by atoms with Crippen LogP contribution in [0.4, 0.5) is 14.6 Å². The maximum Gasteiger partial charge on any atom is 0.257 e. The van der Waals surface area contributed by atoms with Crippen LogP contribution in [0.15, 0.2) is 42.9 Å². The highest BCUT2D eigenvalue weighted by Gasteiger charge is 2.37. The van der Waals surface area contributed by atoms with Gasteiger partial charge >= 0.3 is 0 Å². The lowest BCUT2D eigenvalue weighted by Crippen LogP contribution is -2.44. The summed E-state index contributed by atoms with van der Waals surface area (Å²) in [5, 5.41) is 0. The van der Waals surface area contributed by atoms with Crippen LogP contribution in [0.1, 0.15) is 27.5 Å². The number of halogens is 2.